The number of aryl methyl sites for hydroxylation is 1. The molecule has 1 aromatic carbocycles. The number of pyridine rings is 1. The van der Waals surface area contributed by atoms with Crippen molar-refractivity contribution in [2.24, 2.45) is 0 Å². The maximum Gasteiger partial charge on any atom is 0.276 e. The second kappa shape index (κ2) is 6.49. The van der Waals surface area contributed by atoms with Gasteiger partial charge in [0.25, 0.3) is 5.91 Å². The van der Waals surface area contributed by atoms with Gasteiger partial charge in [-0.25, -0.2) is 4.98 Å². The Balaban J connectivity index is 1.65. The summed E-state index contributed by atoms with van der Waals surface area (Å²) in [5, 5.41) is 20.4. The van der Waals surface area contributed by atoms with E-state index in [1.54, 1.807) is 6.07 Å². The van der Waals surface area contributed by atoms with Crippen molar-refractivity contribution in [3.8, 4) is 11.5 Å². The van der Waals surface area contributed by atoms with Crippen LogP contribution in [-0.4, -0.2) is 51.3 Å². The number of amides is 1. The smallest absolute Gasteiger partial charge is 0.276 e. The number of aromatic nitrogens is 1. The average molecular weight is 328 g/mol. The van der Waals surface area contributed by atoms with Gasteiger partial charge < -0.3 is 19.8 Å². The highest BCUT2D eigenvalue weighted by atomic mass is 16.5. The number of aliphatic hydroxyl groups is 1. The minimum Gasteiger partial charge on any atom is -0.505 e. The number of nitrogens with zero attached hydrogens (tertiary/aromatic N) is 2. The molecule has 2 heterocycles. The number of rotatable bonds is 4. The third-order valence-corrected chi connectivity index (χ3v) is 4.20. The fraction of sp³-hybridized carbons (Fsp3) is 0.333. The van der Waals surface area contributed by atoms with Gasteiger partial charge in [0.05, 0.1) is 6.54 Å². The van der Waals surface area contributed by atoms with E-state index in [1.807, 2.05) is 31.2 Å². The average Bonchev–Trinajstić information content (AvgIpc) is 2.97. The number of likely N-dealkylation sites (tertiary alicyclic amines) is 1. The van der Waals surface area contributed by atoms with Crippen molar-refractivity contribution in [3.05, 3.63) is 53.9 Å². The van der Waals surface area contributed by atoms with Crippen LogP contribution in [0.1, 0.15) is 22.5 Å². The van der Waals surface area contributed by atoms with Gasteiger partial charge in [-0.05, 0) is 37.1 Å². The molecule has 1 amide bonds. The molecule has 1 aliphatic heterocycles. The molecule has 126 valence electrons. The summed E-state index contributed by atoms with van der Waals surface area (Å²) in [5.41, 5.74) is -0.116. The first-order valence-electron chi connectivity index (χ1n) is 7.83. The monoisotopic (exact) mass is 328 g/mol. The molecule has 1 fully saturated rings. The van der Waals surface area contributed by atoms with Gasteiger partial charge in [-0.1, -0.05) is 18.2 Å². The van der Waals surface area contributed by atoms with Crippen LogP contribution < -0.4 is 4.74 Å². The summed E-state index contributed by atoms with van der Waals surface area (Å²) in [7, 11) is 0. The lowest BCUT2D eigenvalue weighted by Crippen LogP contribution is -2.40. The largest absolute Gasteiger partial charge is 0.505 e. The van der Waals surface area contributed by atoms with Gasteiger partial charge in [-0.2, -0.15) is 0 Å². The Bertz CT molecular complexity index is 749. The van der Waals surface area contributed by atoms with Gasteiger partial charge >= 0.3 is 0 Å². The second-order valence-electron chi connectivity index (χ2n) is 6.13. The lowest BCUT2D eigenvalue weighted by molar-refractivity contribution is 0.00403. The number of carbonyl (C=O) groups excluding carboxylic acids is 1. The Labute approximate surface area is 140 Å². The van der Waals surface area contributed by atoms with Gasteiger partial charge in [0, 0.05) is 12.7 Å². The Hall–Kier alpha value is -2.60. The number of ether oxygens (including phenoxy) is 1. The number of aromatic hydroxyl groups is 1. The van der Waals surface area contributed by atoms with Crippen LogP contribution in [0.4, 0.5) is 0 Å². The van der Waals surface area contributed by atoms with Gasteiger partial charge in [-0.3, -0.25) is 4.79 Å². The highest BCUT2D eigenvalue weighted by molar-refractivity contribution is 5.95. The van der Waals surface area contributed by atoms with Crippen molar-refractivity contribution < 1.29 is 19.7 Å². The molecule has 0 unspecified atom stereocenters. The molecule has 0 aliphatic carbocycles. The summed E-state index contributed by atoms with van der Waals surface area (Å²) < 4.78 is 5.73. The Morgan fingerprint density at radius 1 is 1.33 bits per heavy atom. The maximum absolute atomic E-state index is 12.4. The van der Waals surface area contributed by atoms with Crippen LogP contribution in [0.15, 0.2) is 42.6 Å². The molecule has 3 rings (SSSR count). The lowest BCUT2D eigenvalue weighted by atomic mass is 10.1. The van der Waals surface area contributed by atoms with E-state index >= 15 is 0 Å². The summed E-state index contributed by atoms with van der Waals surface area (Å²) in [6.45, 7) is 2.58. The molecule has 2 N–H and O–H groups in total. The van der Waals surface area contributed by atoms with E-state index in [0.29, 0.717) is 13.0 Å². The zero-order valence-electron chi connectivity index (χ0n) is 13.5. The first kappa shape index (κ1) is 16.3. The van der Waals surface area contributed by atoms with Crippen molar-refractivity contribution in [2.75, 3.05) is 19.7 Å². The van der Waals surface area contributed by atoms with E-state index in [4.69, 9.17) is 4.74 Å². The van der Waals surface area contributed by atoms with Crippen molar-refractivity contribution >= 4 is 5.91 Å². The van der Waals surface area contributed by atoms with Crippen LogP contribution >= 0.6 is 0 Å². The summed E-state index contributed by atoms with van der Waals surface area (Å²) in [6.07, 6.45) is 1.87. The molecular formula is C18H20N2O4. The molecule has 0 saturated carbocycles. The highest BCUT2D eigenvalue weighted by Gasteiger charge is 2.40. The fourth-order valence-corrected chi connectivity index (χ4v) is 2.79. The van der Waals surface area contributed by atoms with Gasteiger partial charge in [0.15, 0.2) is 5.69 Å². The van der Waals surface area contributed by atoms with Crippen LogP contribution in [-0.2, 0) is 0 Å². The minimum atomic E-state index is -1.11. The van der Waals surface area contributed by atoms with E-state index in [-0.39, 0.29) is 30.5 Å². The Morgan fingerprint density at radius 3 is 2.88 bits per heavy atom. The molecule has 1 atom stereocenters. The van der Waals surface area contributed by atoms with Crippen molar-refractivity contribution in [2.45, 2.75) is 18.9 Å². The molecule has 6 nitrogen and oxygen atoms in total. The molecular weight excluding hydrogens is 308 g/mol. The summed E-state index contributed by atoms with van der Waals surface area (Å²) in [5.74, 6) is 0.173. The van der Waals surface area contributed by atoms with Gasteiger partial charge in [0.2, 0.25) is 0 Å². The number of carbonyl (C=O) groups is 1. The first-order valence-corrected chi connectivity index (χ1v) is 7.83. The van der Waals surface area contributed by atoms with E-state index in [1.165, 1.54) is 17.2 Å². The third-order valence-electron chi connectivity index (χ3n) is 4.20. The molecule has 0 bridgehead atoms. The van der Waals surface area contributed by atoms with E-state index in [9.17, 15) is 15.0 Å². The maximum atomic E-state index is 12.4. The number of hydrogen-bond acceptors (Lipinski definition) is 5. The second-order valence-corrected chi connectivity index (χ2v) is 6.13. The normalized spacial score (nSPS) is 20.2. The minimum absolute atomic E-state index is 0.00146. The number of para-hydroxylation sites is 1. The molecule has 24 heavy (non-hydrogen) atoms. The number of benzene rings is 1. The van der Waals surface area contributed by atoms with Crippen LogP contribution in [0, 0.1) is 6.92 Å². The molecule has 1 aromatic heterocycles. The highest BCUT2D eigenvalue weighted by Crippen LogP contribution is 2.26. The predicted molar refractivity (Wildman–Crippen MR) is 88.0 cm³/mol. The lowest BCUT2D eigenvalue weighted by Gasteiger charge is -2.24. The van der Waals surface area contributed by atoms with Crippen LogP contribution in [0.25, 0.3) is 0 Å². The molecule has 0 radical (unpaired) electrons. The van der Waals surface area contributed by atoms with Crippen LogP contribution in [0.3, 0.4) is 0 Å². The zero-order chi connectivity index (χ0) is 17.2. The van der Waals surface area contributed by atoms with Gasteiger partial charge in [-0.15, -0.1) is 0 Å². The van der Waals surface area contributed by atoms with Crippen molar-refractivity contribution in [1.29, 1.82) is 0 Å². The summed E-state index contributed by atoms with van der Waals surface area (Å²) >= 11 is 0. The summed E-state index contributed by atoms with van der Waals surface area (Å²) in [4.78, 5) is 17.8. The van der Waals surface area contributed by atoms with Crippen molar-refractivity contribution in [3.63, 3.8) is 0 Å². The number of β-amino-alcohol motifs (C(OH)–C–C–N with tert-alkyl or cyclic N) is 1. The van der Waals surface area contributed by atoms with Crippen LogP contribution in [0.5, 0.6) is 11.5 Å². The van der Waals surface area contributed by atoms with E-state index in [0.717, 1.165) is 11.3 Å². The topological polar surface area (TPSA) is 82.9 Å². The quantitative estimate of drug-likeness (QED) is 0.893. The third kappa shape index (κ3) is 3.33. The Kier molecular flexibility index (Phi) is 4.40. The molecule has 2 aromatic rings. The summed E-state index contributed by atoms with van der Waals surface area (Å²) in [6, 6.07) is 10.6. The first-order chi connectivity index (χ1) is 11.5. The molecule has 6 heteroatoms. The van der Waals surface area contributed by atoms with Crippen molar-refractivity contribution in [1.82, 2.24) is 9.88 Å². The SMILES string of the molecule is Cc1ccccc1OC[C@]1(O)CCN(C(=O)c2ncccc2O)C1. The standard InChI is InChI=1S/C18H20N2O4/c1-13-5-2-3-7-15(13)24-12-18(23)8-10-20(11-18)17(22)16-14(21)6-4-9-19-16/h2-7,9,21,23H,8,10-12H2,1H3/t18-/m0/s1. The van der Waals surface area contributed by atoms with Crippen LogP contribution in [0.2, 0.25) is 0 Å². The fourth-order valence-electron chi connectivity index (χ4n) is 2.79. The van der Waals surface area contributed by atoms with Gasteiger partial charge in [0.1, 0.15) is 23.7 Å². The predicted octanol–water partition coefficient (Wildman–Crippen LogP) is 1.75. The molecule has 1 saturated heterocycles. The molecule has 1 aliphatic rings. The van der Waals surface area contributed by atoms with E-state index < -0.39 is 5.60 Å². The Morgan fingerprint density at radius 2 is 2.12 bits per heavy atom. The van der Waals surface area contributed by atoms with E-state index in [2.05, 4.69) is 4.98 Å². The molecule has 0 spiro atoms. The number of hydrogen-bond donors (Lipinski definition) is 2. The zero-order valence-corrected chi connectivity index (χ0v) is 13.5.